The fourth-order valence-electron chi connectivity index (χ4n) is 3.32. The molecule has 0 spiro atoms. The minimum atomic E-state index is -3.75. The van der Waals surface area contributed by atoms with E-state index in [1.807, 2.05) is 0 Å². The van der Waals surface area contributed by atoms with E-state index in [4.69, 9.17) is 4.84 Å². The fourth-order valence-corrected chi connectivity index (χ4v) is 5.14. The summed E-state index contributed by atoms with van der Waals surface area (Å²) in [6.45, 7) is 0. The topological polar surface area (TPSA) is 135 Å². The molecular weight excluding hydrogens is 380 g/mol. The zero-order valence-electron chi connectivity index (χ0n) is 14.3. The molecule has 0 radical (unpaired) electrons. The second kappa shape index (κ2) is 7.22. The summed E-state index contributed by atoms with van der Waals surface area (Å²) in [7, 11) is -3.75. The summed E-state index contributed by atoms with van der Waals surface area (Å²) in [4.78, 5) is 63.7. The van der Waals surface area contributed by atoms with Crippen molar-refractivity contribution in [1.29, 1.82) is 0 Å². The number of amides is 4. The third-order valence-electron chi connectivity index (χ3n) is 4.91. The molecule has 0 aromatic rings. The number of nitrogens with zero attached hydrogens (tertiary/aromatic N) is 2. The SMILES string of the molecule is O=C(ON1C(=O)CCC1=O)C1CCC(S(=O)(=O)CN2C(=O)C=CC2=O)CC1. The van der Waals surface area contributed by atoms with Crippen molar-refractivity contribution >= 4 is 39.4 Å². The van der Waals surface area contributed by atoms with Crippen molar-refractivity contribution in [2.24, 2.45) is 5.92 Å². The number of hydrogen-bond donors (Lipinski definition) is 0. The molecular formula is C16H18N2O8S. The third kappa shape index (κ3) is 3.92. The van der Waals surface area contributed by atoms with E-state index in [0.29, 0.717) is 9.96 Å². The number of sulfone groups is 1. The van der Waals surface area contributed by atoms with Crippen LogP contribution in [0.5, 0.6) is 0 Å². The lowest BCUT2D eigenvalue weighted by molar-refractivity contribution is -0.201. The van der Waals surface area contributed by atoms with E-state index in [-0.39, 0.29) is 38.5 Å². The Morgan fingerprint density at radius 1 is 0.963 bits per heavy atom. The predicted molar refractivity (Wildman–Crippen MR) is 87.7 cm³/mol. The maximum Gasteiger partial charge on any atom is 0.336 e. The molecule has 1 aliphatic carbocycles. The average Bonchev–Trinajstić information content (AvgIpc) is 3.11. The van der Waals surface area contributed by atoms with Gasteiger partial charge in [0, 0.05) is 25.0 Å². The molecule has 0 aromatic carbocycles. The van der Waals surface area contributed by atoms with Crippen molar-refractivity contribution < 1.29 is 37.2 Å². The van der Waals surface area contributed by atoms with Crippen LogP contribution < -0.4 is 0 Å². The van der Waals surface area contributed by atoms with Gasteiger partial charge in [0.25, 0.3) is 23.6 Å². The number of carbonyl (C=O) groups excluding carboxylic acids is 5. The molecule has 2 fully saturated rings. The summed E-state index contributed by atoms with van der Waals surface area (Å²) < 4.78 is 25.0. The monoisotopic (exact) mass is 398 g/mol. The quantitative estimate of drug-likeness (QED) is 0.563. The molecule has 0 N–H and O–H groups in total. The first-order valence-electron chi connectivity index (χ1n) is 8.52. The van der Waals surface area contributed by atoms with Crippen LogP contribution in [0.3, 0.4) is 0 Å². The molecule has 2 aliphatic heterocycles. The van der Waals surface area contributed by atoms with Crippen LogP contribution in [0.4, 0.5) is 0 Å². The molecule has 4 amide bonds. The average molecular weight is 398 g/mol. The van der Waals surface area contributed by atoms with E-state index in [0.717, 1.165) is 12.2 Å². The van der Waals surface area contributed by atoms with Gasteiger partial charge in [-0.1, -0.05) is 0 Å². The third-order valence-corrected chi connectivity index (χ3v) is 7.02. The zero-order valence-corrected chi connectivity index (χ0v) is 15.1. The fraction of sp³-hybridized carbons (Fsp3) is 0.562. The first-order valence-corrected chi connectivity index (χ1v) is 10.2. The van der Waals surface area contributed by atoms with E-state index in [9.17, 15) is 32.4 Å². The van der Waals surface area contributed by atoms with Gasteiger partial charge in [-0.25, -0.2) is 13.2 Å². The second-order valence-electron chi connectivity index (χ2n) is 6.70. The Morgan fingerprint density at radius 3 is 2.00 bits per heavy atom. The molecule has 0 bridgehead atoms. The lowest BCUT2D eigenvalue weighted by atomic mass is 9.89. The Labute approximate surface area is 155 Å². The Balaban J connectivity index is 1.54. The standard InChI is InChI=1S/C16H18N2O8S/c19-12-5-6-13(20)17(12)9-27(24,25)11-3-1-10(2-4-11)16(23)26-18-14(21)7-8-15(18)22/h5-6,10-11H,1-4,7-9H2. The zero-order chi connectivity index (χ0) is 19.8. The Bertz CT molecular complexity index is 804. The number of carbonyl (C=O) groups is 5. The van der Waals surface area contributed by atoms with Gasteiger partial charge in [0.15, 0.2) is 9.84 Å². The Morgan fingerprint density at radius 2 is 1.48 bits per heavy atom. The minimum absolute atomic E-state index is 0.000104. The van der Waals surface area contributed by atoms with Crippen LogP contribution in [0.1, 0.15) is 38.5 Å². The molecule has 1 saturated heterocycles. The van der Waals surface area contributed by atoms with E-state index in [1.165, 1.54) is 0 Å². The van der Waals surface area contributed by atoms with Crippen LogP contribution in [0.2, 0.25) is 0 Å². The van der Waals surface area contributed by atoms with Crippen LogP contribution in [0, 0.1) is 5.92 Å². The van der Waals surface area contributed by atoms with Crippen LogP contribution in [0.25, 0.3) is 0 Å². The first kappa shape index (κ1) is 19.2. The highest BCUT2D eigenvalue weighted by Gasteiger charge is 2.39. The summed E-state index contributed by atoms with van der Waals surface area (Å²) in [5.41, 5.74) is 0. The summed E-state index contributed by atoms with van der Waals surface area (Å²) in [6.07, 6.45) is 2.77. The molecule has 11 heteroatoms. The maximum atomic E-state index is 12.5. The van der Waals surface area contributed by atoms with Crippen LogP contribution in [-0.2, 0) is 38.6 Å². The van der Waals surface area contributed by atoms with Crippen LogP contribution in [0.15, 0.2) is 12.2 Å². The molecule has 2 heterocycles. The first-order chi connectivity index (χ1) is 12.7. The molecule has 0 atom stereocenters. The number of imide groups is 2. The highest BCUT2D eigenvalue weighted by molar-refractivity contribution is 7.92. The van der Waals surface area contributed by atoms with Crippen molar-refractivity contribution in [3.63, 3.8) is 0 Å². The van der Waals surface area contributed by atoms with Crippen molar-refractivity contribution in [3.05, 3.63) is 12.2 Å². The molecule has 10 nitrogen and oxygen atoms in total. The van der Waals surface area contributed by atoms with Gasteiger partial charge >= 0.3 is 5.97 Å². The van der Waals surface area contributed by atoms with Crippen molar-refractivity contribution in [1.82, 2.24) is 9.96 Å². The van der Waals surface area contributed by atoms with E-state index >= 15 is 0 Å². The van der Waals surface area contributed by atoms with Crippen molar-refractivity contribution in [2.45, 2.75) is 43.8 Å². The Hall–Kier alpha value is -2.56. The van der Waals surface area contributed by atoms with Gasteiger partial charge in [0.05, 0.1) is 11.2 Å². The van der Waals surface area contributed by atoms with Gasteiger partial charge in [0.2, 0.25) is 0 Å². The van der Waals surface area contributed by atoms with Gasteiger partial charge in [-0.2, -0.15) is 0 Å². The highest BCUT2D eigenvalue weighted by Crippen LogP contribution is 2.31. The molecule has 146 valence electrons. The summed E-state index contributed by atoms with van der Waals surface area (Å²) in [6, 6.07) is 0. The van der Waals surface area contributed by atoms with Crippen LogP contribution in [-0.4, -0.2) is 59.1 Å². The highest BCUT2D eigenvalue weighted by atomic mass is 32.2. The summed E-state index contributed by atoms with van der Waals surface area (Å²) in [5.74, 6) is -4.51. The lowest BCUT2D eigenvalue weighted by Gasteiger charge is -2.28. The van der Waals surface area contributed by atoms with Crippen molar-refractivity contribution in [2.75, 3.05) is 5.88 Å². The number of rotatable bonds is 5. The number of hydrogen-bond acceptors (Lipinski definition) is 8. The largest absolute Gasteiger partial charge is 0.336 e. The predicted octanol–water partition coefficient (Wildman–Crippen LogP) is -0.550. The normalized spacial score (nSPS) is 26.2. The molecule has 0 aromatic heterocycles. The van der Waals surface area contributed by atoms with Crippen LogP contribution >= 0.6 is 0 Å². The smallest absolute Gasteiger partial charge is 0.330 e. The van der Waals surface area contributed by atoms with E-state index in [2.05, 4.69) is 0 Å². The summed E-state index contributed by atoms with van der Waals surface area (Å²) >= 11 is 0. The second-order valence-corrected chi connectivity index (χ2v) is 8.95. The van der Waals surface area contributed by atoms with Crippen molar-refractivity contribution in [3.8, 4) is 0 Å². The van der Waals surface area contributed by atoms with Gasteiger partial charge in [0.1, 0.15) is 5.88 Å². The van der Waals surface area contributed by atoms with Gasteiger partial charge in [-0.15, -0.1) is 5.06 Å². The molecule has 3 aliphatic rings. The molecule has 1 saturated carbocycles. The number of hydroxylamine groups is 2. The lowest BCUT2D eigenvalue weighted by Crippen LogP contribution is -2.41. The van der Waals surface area contributed by atoms with Gasteiger partial charge in [-0.05, 0) is 25.7 Å². The van der Waals surface area contributed by atoms with Gasteiger partial charge < -0.3 is 4.84 Å². The molecule has 0 unspecified atom stereocenters. The molecule has 27 heavy (non-hydrogen) atoms. The molecule has 3 rings (SSSR count). The Kier molecular flexibility index (Phi) is 5.13. The summed E-state index contributed by atoms with van der Waals surface area (Å²) in [5, 5.41) is -0.305. The van der Waals surface area contributed by atoms with E-state index in [1.54, 1.807) is 0 Å². The minimum Gasteiger partial charge on any atom is -0.330 e. The van der Waals surface area contributed by atoms with Gasteiger partial charge in [-0.3, -0.25) is 24.1 Å². The maximum absolute atomic E-state index is 12.5. The van der Waals surface area contributed by atoms with E-state index < -0.39 is 56.5 Å².